The molecule has 1 heterocycles. The second-order valence-electron chi connectivity index (χ2n) is 7.31. The SMILES string of the molecule is CC[C@@H](C)c1ccc(OCC(=O)Nc2ccc(N3CCCCC3)cc2)cc1. The Morgan fingerprint density at radius 2 is 1.70 bits per heavy atom. The number of piperidine rings is 1. The van der Waals surface area contributed by atoms with Crippen LogP contribution in [0.25, 0.3) is 0 Å². The Morgan fingerprint density at radius 3 is 2.33 bits per heavy atom. The lowest BCUT2D eigenvalue weighted by Gasteiger charge is -2.28. The molecule has 0 spiro atoms. The highest BCUT2D eigenvalue weighted by Crippen LogP contribution is 2.23. The molecule has 0 radical (unpaired) electrons. The zero-order valence-corrected chi connectivity index (χ0v) is 16.4. The molecular formula is C23H30N2O2. The topological polar surface area (TPSA) is 41.6 Å². The summed E-state index contributed by atoms with van der Waals surface area (Å²) in [7, 11) is 0. The summed E-state index contributed by atoms with van der Waals surface area (Å²) < 4.78 is 5.61. The minimum absolute atomic E-state index is 0.0105. The zero-order valence-electron chi connectivity index (χ0n) is 16.4. The molecule has 1 saturated heterocycles. The van der Waals surface area contributed by atoms with Crippen molar-refractivity contribution in [2.45, 2.75) is 45.4 Å². The van der Waals surface area contributed by atoms with Gasteiger partial charge in [-0.05, 0) is 73.6 Å². The maximum Gasteiger partial charge on any atom is 0.262 e. The molecule has 0 bridgehead atoms. The van der Waals surface area contributed by atoms with Gasteiger partial charge in [-0.15, -0.1) is 0 Å². The van der Waals surface area contributed by atoms with Crippen molar-refractivity contribution >= 4 is 17.3 Å². The van der Waals surface area contributed by atoms with E-state index in [4.69, 9.17) is 4.74 Å². The number of rotatable bonds is 7. The minimum atomic E-state index is -0.147. The molecule has 3 rings (SSSR count). The number of benzene rings is 2. The highest BCUT2D eigenvalue weighted by atomic mass is 16.5. The van der Waals surface area contributed by atoms with Gasteiger partial charge in [-0.3, -0.25) is 4.79 Å². The number of amides is 1. The summed E-state index contributed by atoms with van der Waals surface area (Å²) in [4.78, 5) is 14.6. The van der Waals surface area contributed by atoms with Crippen LogP contribution in [0.4, 0.5) is 11.4 Å². The van der Waals surface area contributed by atoms with Gasteiger partial charge in [0, 0.05) is 24.5 Å². The van der Waals surface area contributed by atoms with Crippen LogP contribution in [0.5, 0.6) is 5.75 Å². The third-order valence-corrected chi connectivity index (χ3v) is 5.30. The lowest BCUT2D eigenvalue weighted by Crippen LogP contribution is -2.29. The molecule has 4 heteroatoms. The Balaban J connectivity index is 1.47. The van der Waals surface area contributed by atoms with Gasteiger partial charge in [-0.2, -0.15) is 0 Å². The average molecular weight is 367 g/mol. The van der Waals surface area contributed by atoms with E-state index in [0.29, 0.717) is 5.92 Å². The first kappa shape index (κ1) is 19.3. The van der Waals surface area contributed by atoms with Crippen LogP contribution in [0.3, 0.4) is 0 Å². The number of anilines is 2. The third-order valence-electron chi connectivity index (χ3n) is 5.30. The lowest BCUT2D eigenvalue weighted by molar-refractivity contribution is -0.118. The van der Waals surface area contributed by atoms with E-state index in [9.17, 15) is 4.79 Å². The van der Waals surface area contributed by atoms with E-state index < -0.39 is 0 Å². The third kappa shape index (κ3) is 5.49. The van der Waals surface area contributed by atoms with Gasteiger partial charge in [0.25, 0.3) is 5.91 Å². The Kier molecular flexibility index (Phi) is 6.74. The smallest absolute Gasteiger partial charge is 0.262 e. The van der Waals surface area contributed by atoms with Gasteiger partial charge in [0.2, 0.25) is 0 Å². The van der Waals surface area contributed by atoms with Gasteiger partial charge in [0.1, 0.15) is 5.75 Å². The van der Waals surface area contributed by atoms with E-state index in [2.05, 4.69) is 48.3 Å². The molecule has 1 aliphatic heterocycles. The second kappa shape index (κ2) is 9.45. The summed E-state index contributed by atoms with van der Waals surface area (Å²) >= 11 is 0. The first-order valence-corrected chi connectivity index (χ1v) is 10.0. The first-order valence-electron chi connectivity index (χ1n) is 10.0. The molecule has 2 aromatic rings. The standard InChI is InChI=1S/C23H30N2O2/c1-3-18(2)19-7-13-22(14-8-19)27-17-23(26)24-20-9-11-21(12-10-20)25-15-5-4-6-16-25/h7-14,18H,3-6,15-17H2,1-2H3,(H,24,26)/t18-/m1/s1. The van der Waals surface area contributed by atoms with E-state index in [1.54, 1.807) is 0 Å². The highest BCUT2D eigenvalue weighted by Gasteiger charge is 2.11. The molecule has 27 heavy (non-hydrogen) atoms. The molecule has 4 nitrogen and oxygen atoms in total. The van der Waals surface area contributed by atoms with Crippen LogP contribution in [0, 0.1) is 0 Å². The average Bonchev–Trinajstić information content (AvgIpc) is 2.73. The maximum atomic E-state index is 12.1. The number of carbonyl (C=O) groups excluding carboxylic acids is 1. The van der Waals surface area contributed by atoms with Gasteiger partial charge in [0.15, 0.2) is 6.61 Å². The number of nitrogens with one attached hydrogen (secondary N) is 1. The monoisotopic (exact) mass is 366 g/mol. The van der Waals surface area contributed by atoms with E-state index in [-0.39, 0.29) is 12.5 Å². The Bertz CT molecular complexity index is 719. The van der Waals surface area contributed by atoms with Crippen molar-refractivity contribution in [2.75, 3.05) is 29.9 Å². The van der Waals surface area contributed by atoms with Crippen molar-refractivity contribution in [1.29, 1.82) is 0 Å². The minimum Gasteiger partial charge on any atom is -0.484 e. The van der Waals surface area contributed by atoms with E-state index in [1.165, 1.54) is 30.5 Å². The quantitative estimate of drug-likeness (QED) is 0.731. The summed E-state index contributed by atoms with van der Waals surface area (Å²) in [5.74, 6) is 1.11. The normalized spacial score (nSPS) is 15.3. The predicted octanol–water partition coefficient (Wildman–Crippen LogP) is 5.21. The molecule has 2 aromatic carbocycles. The number of hydrogen-bond donors (Lipinski definition) is 1. The Labute approximate surface area is 162 Å². The predicted molar refractivity (Wildman–Crippen MR) is 112 cm³/mol. The van der Waals surface area contributed by atoms with Crippen molar-refractivity contribution in [3.63, 3.8) is 0 Å². The number of carbonyl (C=O) groups is 1. The summed E-state index contributed by atoms with van der Waals surface area (Å²) in [6.07, 6.45) is 4.95. The van der Waals surface area contributed by atoms with Crippen LogP contribution in [0.15, 0.2) is 48.5 Å². The molecule has 0 aromatic heterocycles. The Morgan fingerprint density at radius 1 is 1.04 bits per heavy atom. The van der Waals surface area contributed by atoms with Crippen molar-refractivity contribution in [2.24, 2.45) is 0 Å². The zero-order chi connectivity index (χ0) is 19.1. The molecular weight excluding hydrogens is 336 g/mol. The molecule has 1 fully saturated rings. The van der Waals surface area contributed by atoms with Crippen molar-refractivity contribution < 1.29 is 9.53 Å². The molecule has 1 N–H and O–H groups in total. The fourth-order valence-electron chi connectivity index (χ4n) is 3.38. The van der Waals surface area contributed by atoms with Crippen molar-refractivity contribution in [1.82, 2.24) is 0 Å². The molecule has 1 amide bonds. The summed E-state index contributed by atoms with van der Waals surface area (Å²) in [6, 6.07) is 16.1. The lowest BCUT2D eigenvalue weighted by atomic mass is 9.99. The molecule has 1 atom stereocenters. The van der Waals surface area contributed by atoms with Gasteiger partial charge < -0.3 is 15.0 Å². The molecule has 0 aliphatic carbocycles. The summed E-state index contributed by atoms with van der Waals surface area (Å²) in [5.41, 5.74) is 3.32. The summed E-state index contributed by atoms with van der Waals surface area (Å²) in [5, 5.41) is 2.90. The number of ether oxygens (including phenoxy) is 1. The number of hydrogen-bond acceptors (Lipinski definition) is 3. The fraction of sp³-hybridized carbons (Fsp3) is 0.435. The van der Waals surface area contributed by atoms with E-state index >= 15 is 0 Å². The Hall–Kier alpha value is -2.49. The van der Waals surface area contributed by atoms with Crippen LogP contribution in [0.1, 0.15) is 51.0 Å². The molecule has 0 unspecified atom stereocenters. The van der Waals surface area contributed by atoms with Gasteiger partial charge in [-0.1, -0.05) is 26.0 Å². The van der Waals surface area contributed by atoms with Gasteiger partial charge >= 0.3 is 0 Å². The van der Waals surface area contributed by atoms with Crippen LogP contribution < -0.4 is 15.0 Å². The fourth-order valence-corrected chi connectivity index (χ4v) is 3.38. The maximum absolute atomic E-state index is 12.1. The van der Waals surface area contributed by atoms with Crippen LogP contribution in [-0.4, -0.2) is 25.6 Å². The van der Waals surface area contributed by atoms with E-state index in [1.807, 2.05) is 24.3 Å². The van der Waals surface area contributed by atoms with Crippen molar-refractivity contribution in [3.05, 3.63) is 54.1 Å². The number of nitrogens with zero attached hydrogens (tertiary/aromatic N) is 1. The van der Waals surface area contributed by atoms with Crippen LogP contribution >= 0.6 is 0 Å². The summed E-state index contributed by atoms with van der Waals surface area (Å²) in [6.45, 7) is 6.64. The van der Waals surface area contributed by atoms with Crippen LogP contribution in [0.2, 0.25) is 0 Å². The van der Waals surface area contributed by atoms with Crippen molar-refractivity contribution in [3.8, 4) is 5.75 Å². The highest BCUT2D eigenvalue weighted by molar-refractivity contribution is 5.92. The first-order chi connectivity index (χ1) is 13.2. The van der Waals surface area contributed by atoms with Crippen LogP contribution in [-0.2, 0) is 4.79 Å². The van der Waals surface area contributed by atoms with E-state index in [0.717, 1.165) is 30.9 Å². The van der Waals surface area contributed by atoms with Gasteiger partial charge in [0.05, 0.1) is 0 Å². The second-order valence-corrected chi connectivity index (χ2v) is 7.31. The largest absolute Gasteiger partial charge is 0.484 e. The molecule has 0 saturated carbocycles. The molecule has 1 aliphatic rings. The molecule has 144 valence electrons. The van der Waals surface area contributed by atoms with Gasteiger partial charge in [-0.25, -0.2) is 0 Å².